The first-order valence-electron chi connectivity index (χ1n) is 7.85. The summed E-state index contributed by atoms with van der Waals surface area (Å²) < 4.78 is 50.2. The summed E-state index contributed by atoms with van der Waals surface area (Å²) in [5, 5.41) is 20.3. The molecule has 2 aromatic heterocycles. The number of phosphoric ester groups is 1. The summed E-state index contributed by atoms with van der Waals surface area (Å²) in [6.45, 7) is -1.08. The molecule has 6 atom stereocenters. The van der Waals surface area contributed by atoms with Gasteiger partial charge in [-0.05, 0) is 0 Å². The summed E-state index contributed by atoms with van der Waals surface area (Å²) in [6.07, 6.45) is -3.99. The summed E-state index contributed by atoms with van der Waals surface area (Å²) in [5.74, 6) is 0.0195. The topological polar surface area (TPSA) is 290 Å². The Hall–Kier alpha value is 5.19. The van der Waals surface area contributed by atoms with Gasteiger partial charge in [0, 0.05) is 0 Å². The average Bonchev–Trinajstić information content (AvgIpc) is 3.13. The molecule has 4 N–H and O–H groups in total. The molecule has 3 heterocycles. The maximum Gasteiger partial charge on any atom is 1.00 e. The zero-order valence-corrected chi connectivity index (χ0v) is 33.9. The largest absolute Gasteiger partial charge is 1.00 e. The summed E-state index contributed by atoms with van der Waals surface area (Å²) in [4.78, 5) is 54.9. The number of ether oxygens (including phenoxy) is 1. The minimum Gasteiger partial charge on any atom is -0.790 e. The van der Waals surface area contributed by atoms with Gasteiger partial charge in [-0.2, -0.15) is 0 Å². The van der Waals surface area contributed by atoms with Crippen LogP contribution >= 0.6 is 23.5 Å². The van der Waals surface area contributed by atoms with Crippen molar-refractivity contribution in [3.8, 4) is 0 Å². The third-order valence-corrected chi connectivity index (χ3v) is 7.46. The number of nitrogens with two attached hydrogens (primary N) is 1. The fourth-order valence-electron chi connectivity index (χ4n) is 2.60. The van der Waals surface area contributed by atoms with Gasteiger partial charge in [0.15, 0.2) is 17.7 Å². The van der Waals surface area contributed by atoms with E-state index in [2.05, 4.69) is 28.1 Å². The zero-order chi connectivity index (χ0) is 23.2. The van der Waals surface area contributed by atoms with Gasteiger partial charge in [0.2, 0.25) is 0 Å². The van der Waals surface area contributed by atoms with E-state index < -0.39 is 54.6 Å². The Labute approximate surface area is 367 Å². The number of rotatable bonds is 8. The van der Waals surface area contributed by atoms with Crippen LogP contribution in [0.15, 0.2) is 12.7 Å². The van der Waals surface area contributed by atoms with Crippen molar-refractivity contribution in [1.82, 2.24) is 19.5 Å². The van der Waals surface area contributed by atoms with Crippen molar-refractivity contribution in [3.63, 3.8) is 0 Å². The molecule has 3 rings (SSSR count). The Morgan fingerprint density at radius 2 is 1.57 bits per heavy atom. The molecule has 0 amide bonds. The monoisotopic (exact) mass is 659 g/mol. The SMILES string of the molecule is Nc1ncnc2c1ncn2[C@@H]1O[C@H](COP(=O)([O-])OP(=O)([O-])OP(=O)([O-])[O-])[C@@H](O)[C@H]1O.[K+].[K+].[K+].[K+]. The molecular weight excluding hydrogens is 647 g/mol. The molecule has 1 fully saturated rings. The van der Waals surface area contributed by atoms with E-state index in [-0.39, 0.29) is 223 Å². The number of aliphatic hydroxyl groups excluding tert-OH is 2. The Balaban J connectivity index is 0. The van der Waals surface area contributed by atoms with Gasteiger partial charge in [0.05, 0.1) is 20.8 Å². The van der Waals surface area contributed by atoms with Gasteiger partial charge >= 0.3 is 206 Å². The standard InChI is InChI=1S/C10H16N5O13P3.4K/c11-8-5-9(13-2-12-8)15(3-14-5)10-7(17)6(16)4(26-10)1-25-30(21,22)28-31(23,24)27-29(18,19)20;;;;/h2-4,6-7,10,16-17H,1H2,(H,21,22)(H,23,24)(H2,11,12,13)(H2,18,19,20);;;;/q;4*+1/p-4/t4-,6-,7-,10-;;;;/m1..../s1. The fraction of sp³-hybridized carbons (Fsp3) is 0.500. The van der Waals surface area contributed by atoms with Gasteiger partial charge in [-0.15, -0.1) is 0 Å². The maximum absolute atomic E-state index is 11.6. The van der Waals surface area contributed by atoms with E-state index in [0.717, 1.165) is 12.7 Å². The number of aromatic nitrogens is 4. The smallest absolute Gasteiger partial charge is 0.790 e. The minimum atomic E-state index is -6.14. The minimum absolute atomic E-state index is 0. The van der Waals surface area contributed by atoms with Crippen LogP contribution in [0.5, 0.6) is 0 Å². The molecule has 2 unspecified atom stereocenters. The number of anilines is 1. The number of hydrogen-bond acceptors (Lipinski definition) is 17. The Bertz CT molecular complexity index is 1120. The Morgan fingerprint density at radius 1 is 0.971 bits per heavy atom. The van der Waals surface area contributed by atoms with E-state index in [1.54, 1.807) is 0 Å². The molecule has 0 spiro atoms. The number of hydrogen-bond donors (Lipinski definition) is 3. The van der Waals surface area contributed by atoms with Crippen LogP contribution in [0.25, 0.3) is 11.2 Å². The van der Waals surface area contributed by atoms with Crippen molar-refractivity contribution >= 4 is 40.4 Å². The summed E-state index contributed by atoms with van der Waals surface area (Å²) >= 11 is 0. The first-order chi connectivity index (χ1) is 14.2. The molecule has 35 heavy (non-hydrogen) atoms. The molecule has 0 aromatic carbocycles. The number of imidazole rings is 1. The van der Waals surface area contributed by atoms with Crippen molar-refractivity contribution < 1.29 is 267 Å². The van der Waals surface area contributed by atoms with Crippen LogP contribution in [0.4, 0.5) is 5.82 Å². The second-order valence-electron chi connectivity index (χ2n) is 5.93. The number of nitrogens with zero attached hydrogens (tertiary/aromatic N) is 4. The van der Waals surface area contributed by atoms with E-state index in [0.29, 0.717) is 0 Å². The first-order valence-corrected chi connectivity index (χ1v) is 12.2. The van der Waals surface area contributed by atoms with Crippen molar-refractivity contribution in [3.05, 3.63) is 12.7 Å². The van der Waals surface area contributed by atoms with Crippen LogP contribution in [-0.4, -0.2) is 54.7 Å². The molecule has 0 saturated carbocycles. The van der Waals surface area contributed by atoms with Crippen molar-refractivity contribution in [2.24, 2.45) is 0 Å². The van der Waals surface area contributed by atoms with Gasteiger partial charge in [0.1, 0.15) is 30.2 Å². The van der Waals surface area contributed by atoms with Gasteiger partial charge in [-0.3, -0.25) is 18.0 Å². The van der Waals surface area contributed by atoms with Crippen LogP contribution < -0.4 is 231 Å². The molecular formula is C10H12K4N5O13P3. The average molecular weight is 660 g/mol. The fourth-order valence-corrected chi connectivity index (χ4v) is 5.47. The van der Waals surface area contributed by atoms with Crippen LogP contribution in [-0.2, 0) is 31.6 Å². The predicted octanol–water partition coefficient (Wildman–Crippen LogP) is -16.1. The third kappa shape index (κ3) is 12.4. The summed E-state index contributed by atoms with van der Waals surface area (Å²) in [7, 11) is -18.1. The molecule has 1 aliphatic heterocycles. The van der Waals surface area contributed by atoms with Crippen LogP contribution in [0.2, 0.25) is 0 Å². The molecule has 2 aromatic rings. The van der Waals surface area contributed by atoms with Crippen molar-refractivity contribution in [2.75, 3.05) is 12.3 Å². The second kappa shape index (κ2) is 17.5. The molecule has 18 nitrogen and oxygen atoms in total. The van der Waals surface area contributed by atoms with E-state index in [1.807, 2.05) is 0 Å². The number of nitrogen functional groups attached to an aromatic ring is 1. The normalized spacial score (nSPS) is 25.2. The van der Waals surface area contributed by atoms with Gasteiger partial charge in [-0.25, -0.2) is 19.3 Å². The first kappa shape index (κ1) is 42.3. The molecule has 1 aliphatic rings. The summed E-state index contributed by atoms with van der Waals surface area (Å²) in [5.41, 5.74) is 5.92. The third-order valence-electron chi connectivity index (χ3n) is 3.80. The predicted molar refractivity (Wildman–Crippen MR) is 86.6 cm³/mol. The molecule has 174 valence electrons. The van der Waals surface area contributed by atoms with Gasteiger partial charge in [0.25, 0.3) is 15.6 Å². The van der Waals surface area contributed by atoms with Crippen molar-refractivity contribution in [2.45, 2.75) is 24.5 Å². The number of aliphatic hydroxyl groups is 2. The van der Waals surface area contributed by atoms with Crippen LogP contribution in [0.3, 0.4) is 0 Å². The molecule has 0 bridgehead atoms. The zero-order valence-electron chi connectivity index (χ0n) is 18.8. The molecule has 1 saturated heterocycles. The Kier molecular flexibility index (Phi) is 21.1. The van der Waals surface area contributed by atoms with E-state index in [9.17, 15) is 43.5 Å². The number of phosphoric acid groups is 3. The molecule has 25 heteroatoms. The van der Waals surface area contributed by atoms with Crippen LogP contribution in [0.1, 0.15) is 6.23 Å². The molecule has 0 radical (unpaired) electrons. The van der Waals surface area contributed by atoms with E-state index >= 15 is 0 Å². The van der Waals surface area contributed by atoms with Crippen molar-refractivity contribution in [1.29, 1.82) is 0 Å². The number of fused-ring (bicyclic) bond motifs is 1. The van der Waals surface area contributed by atoms with E-state index in [4.69, 9.17) is 10.5 Å². The summed E-state index contributed by atoms with van der Waals surface area (Å²) in [6, 6.07) is 0. The van der Waals surface area contributed by atoms with E-state index in [1.165, 1.54) is 4.57 Å². The van der Waals surface area contributed by atoms with Gasteiger partial charge < -0.3 is 49.3 Å². The molecule has 0 aliphatic carbocycles. The van der Waals surface area contributed by atoms with Crippen LogP contribution in [0, 0.1) is 0 Å². The second-order valence-corrected chi connectivity index (χ2v) is 10.2. The van der Waals surface area contributed by atoms with Gasteiger partial charge in [-0.1, -0.05) is 0 Å². The maximum atomic E-state index is 11.6. The quantitative estimate of drug-likeness (QED) is 0.175. The Morgan fingerprint density at radius 3 is 2.14 bits per heavy atom.